The lowest BCUT2D eigenvalue weighted by atomic mass is 10.1. The number of halogens is 4. The molecule has 0 amide bonds. The van der Waals surface area contributed by atoms with Crippen LogP contribution in [-0.4, -0.2) is 37.6 Å². The predicted molar refractivity (Wildman–Crippen MR) is 62.9 cm³/mol. The molecule has 1 rings (SSSR count). The van der Waals surface area contributed by atoms with E-state index in [1.807, 2.05) is 0 Å². The van der Waals surface area contributed by atoms with E-state index in [1.165, 1.54) is 0 Å². The number of hydrogen-bond donors (Lipinski definition) is 1. The van der Waals surface area contributed by atoms with Crippen molar-refractivity contribution in [3.05, 3.63) is 29.1 Å². The number of benzene rings is 1. The molecule has 4 nitrogen and oxygen atoms in total. The topological polar surface area (TPSA) is 57.6 Å². The zero-order valence-electron chi connectivity index (χ0n) is 10.7. The summed E-state index contributed by atoms with van der Waals surface area (Å²) in [6.45, 7) is -1.16. The van der Waals surface area contributed by atoms with Gasteiger partial charge in [0, 0.05) is 12.6 Å². The van der Waals surface area contributed by atoms with Gasteiger partial charge in [0.1, 0.15) is 12.4 Å². The Morgan fingerprint density at radius 2 is 1.85 bits per heavy atom. The summed E-state index contributed by atoms with van der Waals surface area (Å²) in [7, 11) is -3.74. The molecule has 0 saturated heterocycles. The molecule has 0 aromatic heterocycles. The van der Waals surface area contributed by atoms with Gasteiger partial charge in [-0.15, -0.1) is 0 Å². The summed E-state index contributed by atoms with van der Waals surface area (Å²) in [4.78, 5) is -0.590. The van der Waals surface area contributed by atoms with Crippen molar-refractivity contribution in [3.63, 3.8) is 0 Å². The number of aliphatic hydroxyl groups excluding tert-OH is 1. The quantitative estimate of drug-likeness (QED) is 0.862. The van der Waals surface area contributed by atoms with Crippen molar-refractivity contribution in [1.82, 2.24) is 4.31 Å². The van der Waals surface area contributed by atoms with Crippen molar-refractivity contribution in [2.45, 2.75) is 24.6 Å². The minimum Gasteiger partial charge on any atom is -0.392 e. The van der Waals surface area contributed by atoms with E-state index in [1.54, 1.807) is 0 Å². The summed E-state index contributed by atoms with van der Waals surface area (Å²) in [5.74, 6) is -0.907. The third-order valence-corrected chi connectivity index (χ3v) is 4.56. The van der Waals surface area contributed by atoms with Crippen LogP contribution in [0.5, 0.6) is 0 Å². The van der Waals surface area contributed by atoms with Crippen molar-refractivity contribution in [2.24, 2.45) is 0 Å². The molecule has 0 radical (unpaired) electrons. The zero-order chi connectivity index (χ0) is 15.7. The number of aliphatic hydroxyl groups is 1. The summed E-state index contributed by atoms with van der Waals surface area (Å²) >= 11 is 0. The minimum atomic E-state index is -4.71. The van der Waals surface area contributed by atoms with Crippen LogP contribution in [-0.2, 0) is 16.6 Å². The third kappa shape index (κ3) is 3.68. The Kier molecular flexibility index (Phi) is 4.78. The van der Waals surface area contributed by atoms with Gasteiger partial charge in [-0.1, -0.05) is 0 Å². The first kappa shape index (κ1) is 16.9. The van der Waals surface area contributed by atoms with E-state index in [2.05, 4.69) is 0 Å². The number of nitrogens with zero attached hydrogens (tertiary/aromatic N) is 1. The first-order chi connectivity index (χ1) is 8.99. The van der Waals surface area contributed by atoms with E-state index < -0.39 is 40.1 Å². The van der Waals surface area contributed by atoms with Gasteiger partial charge < -0.3 is 5.11 Å². The third-order valence-electron chi connectivity index (χ3n) is 2.63. The summed E-state index contributed by atoms with van der Waals surface area (Å²) in [5, 5.41) is 8.91. The lowest BCUT2D eigenvalue weighted by Gasteiger charge is -2.20. The standard InChI is InChI=1S/C11H13F4NO3S/c1-7-9(12)3-8(5-17)4-10(7)20(18,19)16(2)6-11(13,14)15/h3-4,17H,5-6H2,1-2H3. The van der Waals surface area contributed by atoms with Crippen LogP contribution in [0.4, 0.5) is 17.6 Å². The molecule has 0 atom stereocenters. The van der Waals surface area contributed by atoms with Crippen LogP contribution in [0.1, 0.15) is 11.1 Å². The normalized spacial score (nSPS) is 13.0. The molecule has 1 N–H and O–H groups in total. The molecule has 0 aliphatic heterocycles. The van der Waals surface area contributed by atoms with Crippen LogP contribution in [0, 0.1) is 12.7 Å². The van der Waals surface area contributed by atoms with Gasteiger partial charge in [0.15, 0.2) is 0 Å². The van der Waals surface area contributed by atoms with Crippen LogP contribution in [0.2, 0.25) is 0 Å². The van der Waals surface area contributed by atoms with Crippen LogP contribution in [0.3, 0.4) is 0 Å². The highest BCUT2D eigenvalue weighted by Crippen LogP contribution is 2.26. The predicted octanol–water partition coefficient (Wildman–Crippen LogP) is 1.81. The Labute approximate surface area is 113 Å². The summed E-state index contributed by atoms with van der Waals surface area (Å²) < 4.78 is 74.5. The van der Waals surface area contributed by atoms with Gasteiger partial charge in [-0.3, -0.25) is 0 Å². The van der Waals surface area contributed by atoms with Crippen LogP contribution in [0.25, 0.3) is 0 Å². The van der Waals surface area contributed by atoms with Crippen molar-refractivity contribution in [1.29, 1.82) is 0 Å². The summed E-state index contributed by atoms with van der Waals surface area (Å²) in [5.41, 5.74) is -0.330. The Morgan fingerprint density at radius 1 is 1.30 bits per heavy atom. The molecule has 0 fully saturated rings. The van der Waals surface area contributed by atoms with Crippen LogP contribution in [0.15, 0.2) is 17.0 Å². The molecule has 0 heterocycles. The second kappa shape index (κ2) is 5.66. The zero-order valence-corrected chi connectivity index (χ0v) is 11.5. The smallest absolute Gasteiger partial charge is 0.392 e. The van der Waals surface area contributed by atoms with Crippen LogP contribution >= 0.6 is 0 Å². The second-order valence-corrected chi connectivity index (χ2v) is 6.25. The first-order valence-corrected chi connectivity index (χ1v) is 6.86. The maximum atomic E-state index is 13.5. The molecule has 20 heavy (non-hydrogen) atoms. The highest BCUT2D eigenvalue weighted by Gasteiger charge is 2.35. The van der Waals surface area contributed by atoms with Gasteiger partial charge >= 0.3 is 6.18 Å². The monoisotopic (exact) mass is 315 g/mol. The van der Waals surface area contributed by atoms with Gasteiger partial charge in [0.2, 0.25) is 10.0 Å². The molecule has 0 aliphatic rings. The van der Waals surface area contributed by atoms with Gasteiger partial charge in [-0.2, -0.15) is 17.5 Å². The lowest BCUT2D eigenvalue weighted by molar-refractivity contribution is -0.134. The molecule has 0 unspecified atom stereocenters. The van der Waals surface area contributed by atoms with E-state index in [4.69, 9.17) is 5.11 Å². The molecule has 1 aromatic rings. The van der Waals surface area contributed by atoms with Gasteiger partial charge in [-0.25, -0.2) is 12.8 Å². The van der Waals surface area contributed by atoms with Crippen LogP contribution < -0.4 is 0 Å². The fraction of sp³-hybridized carbons (Fsp3) is 0.455. The molecule has 0 bridgehead atoms. The fourth-order valence-electron chi connectivity index (χ4n) is 1.57. The van der Waals surface area contributed by atoms with Crippen molar-refractivity contribution < 1.29 is 31.1 Å². The van der Waals surface area contributed by atoms with E-state index >= 15 is 0 Å². The Balaban J connectivity index is 3.32. The molecule has 0 spiro atoms. The van der Waals surface area contributed by atoms with Gasteiger partial charge in [0.25, 0.3) is 0 Å². The molecule has 1 aromatic carbocycles. The Morgan fingerprint density at radius 3 is 2.30 bits per heavy atom. The van der Waals surface area contributed by atoms with Gasteiger partial charge in [0.05, 0.1) is 11.5 Å². The van der Waals surface area contributed by atoms with E-state index in [0.717, 1.165) is 26.1 Å². The molecule has 0 aliphatic carbocycles. The number of hydrogen-bond acceptors (Lipinski definition) is 3. The molecular formula is C11H13F4NO3S. The van der Waals surface area contributed by atoms with E-state index in [0.29, 0.717) is 0 Å². The maximum absolute atomic E-state index is 13.5. The van der Waals surface area contributed by atoms with E-state index in [-0.39, 0.29) is 15.4 Å². The average molecular weight is 315 g/mol. The Bertz CT molecular complexity index is 598. The average Bonchev–Trinajstić information content (AvgIpc) is 2.29. The van der Waals surface area contributed by atoms with E-state index in [9.17, 15) is 26.0 Å². The number of rotatable bonds is 4. The highest BCUT2D eigenvalue weighted by atomic mass is 32.2. The lowest BCUT2D eigenvalue weighted by Crippen LogP contribution is -2.36. The maximum Gasteiger partial charge on any atom is 0.402 e. The van der Waals surface area contributed by atoms with Gasteiger partial charge in [-0.05, 0) is 24.6 Å². The molecular weight excluding hydrogens is 302 g/mol. The fourth-order valence-corrected chi connectivity index (χ4v) is 3.01. The first-order valence-electron chi connectivity index (χ1n) is 5.42. The number of sulfonamides is 1. The molecule has 114 valence electrons. The van der Waals surface area contributed by atoms with Crippen molar-refractivity contribution >= 4 is 10.0 Å². The molecule has 0 saturated carbocycles. The summed E-state index contributed by atoms with van der Waals surface area (Å²) in [6, 6.07) is 1.89. The van der Waals surface area contributed by atoms with Crippen molar-refractivity contribution in [2.75, 3.05) is 13.6 Å². The molecule has 9 heteroatoms. The summed E-state index contributed by atoms with van der Waals surface area (Å²) in [6.07, 6.45) is -4.71. The Hall–Kier alpha value is -1.19. The largest absolute Gasteiger partial charge is 0.402 e. The number of alkyl halides is 3. The highest BCUT2D eigenvalue weighted by molar-refractivity contribution is 7.89. The second-order valence-electron chi connectivity index (χ2n) is 4.24. The SMILES string of the molecule is Cc1c(F)cc(CO)cc1S(=O)(=O)N(C)CC(F)(F)F. The van der Waals surface area contributed by atoms with Crippen molar-refractivity contribution in [3.8, 4) is 0 Å². The minimum absolute atomic E-state index is 0.0351.